The Morgan fingerprint density at radius 3 is 2.39 bits per heavy atom. The van der Waals surface area contributed by atoms with Crippen LogP contribution in [0.3, 0.4) is 0 Å². The Balaban J connectivity index is 1.62. The van der Waals surface area contributed by atoms with Gasteiger partial charge in [0.2, 0.25) is 15.9 Å². The molecule has 2 atom stereocenters. The number of sulfonamides is 1. The van der Waals surface area contributed by atoms with Crippen molar-refractivity contribution in [3.63, 3.8) is 0 Å². The number of nitro benzene ring substituents is 1. The van der Waals surface area contributed by atoms with Crippen LogP contribution >= 0.6 is 11.3 Å². The lowest BCUT2D eigenvalue weighted by atomic mass is 10.0. The van der Waals surface area contributed by atoms with Crippen LogP contribution in [-0.4, -0.2) is 43.8 Å². The van der Waals surface area contributed by atoms with Crippen LogP contribution in [0.5, 0.6) is 0 Å². The summed E-state index contributed by atoms with van der Waals surface area (Å²) >= 11 is 1.36. The van der Waals surface area contributed by atoms with Gasteiger partial charge in [-0.1, -0.05) is 51.1 Å². The summed E-state index contributed by atoms with van der Waals surface area (Å²) in [6.45, 7) is 5.74. The molecule has 38 heavy (non-hydrogen) atoms. The molecule has 3 aromatic rings. The molecule has 0 radical (unpaired) electrons. The molecule has 1 unspecified atom stereocenters. The minimum atomic E-state index is -4.12. The summed E-state index contributed by atoms with van der Waals surface area (Å²) in [6.07, 6.45) is 1.22. The molecule has 12 heteroatoms. The van der Waals surface area contributed by atoms with Crippen molar-refractivity contribution >= 4 is 48.9 Å². The molecule has 1 heterocycles. The highest BCUT2D eigenvalue weighted by Crippen LogP contribution is 2.25. The van der Waals surface area contributed by atoms with Gasteiger partial charge in [0, 0.05) is 23.4 Å². The smallest absolute Gasteiger partial charge is 0.289 e. The summed E-state index contributed by atoms with van der Waals surface area (Å²) in [5, 5.41) is 17.9. The van der Waals surface area contributed by atoms with Crippen LogP contribution in [0, 0.1) is 16.0 Å². The fourth-order valence-corrected chi connectivity index (χ4v) is 6.17. The molecular weight excluding hydrogens is 528 g/mol. The van der Waals surface area contributed by atoms with E-state index in [1.54, 1.807) is 6.07 Å². The molecule has 3 N–H and O–H groups in total. The maximum atomic E-state index is 13.2. The third-order valence-corrected chi connectivity index (χ3v) is 8.58. The normalized spacial score (nSPS) is 13.3. The van der Waals surface area contributed by atoms with Crippen molar-refractivity contribution < 1.29 is 22.9 Å². The van der Waals surface area contributed by atoms with E-state index in [4.69, 9.17) is 0 Å². The first-order valence-electron chi connectivity index (χ1n) is 12.3. The largest absolute Gasteiger partial charge is 0.352 e. The maximum absolute atomic E-state index is 13.2. The first kappa shape index (κ1) is 29.2. The zero-order chi connectivity index (χ0) is 27.9. The van der Waals surface area contributed by atoms with Gasteiger partial charge >= 0.3 is 0 Å². The van der Waals surface area contributed by atoms with Crippen LogP contribution in [0.25, 0.3) is 10.1 Å². The van der Waals surface area contributed by atoms with Crippen molar-refractivity contribution in [1.29, 1.82) is 0 Å². The summed E-state index contributed by atoms with van der Waals surface area (Å²) in [5.41, 5.74) is -0.508. The predicted octanol–water partition coefficient (Wildman–Crippen LogP) is 4.22. The number of amides is 2. The number of benzene rings is 2. The SMILES string of the molecule is CCC(CCNS(=O)(=O)c1ccccc1[N+](=O)[O-])NC(=O)[C@H](CC(C)C)NC(=O)c1cc2ccccc2s1. The van der Waals surface area contributed by atoms with Crippen molar-refractivity contribution in [2.45, 2.75) is 57.0 Å². The van der Waals surface area contributed by atoms with Crippen molar-refractivity contribution in [1.82, 2.24) is 15.4 Å². The van der Waals surface area contributed by atoms with E-state index in [-0.39, 0.29) is 36.7 Å². The van der Waals surface area contributed by atoms with Gasteiger partial charge in [0.1, 0.15) is 6.04 Å². The second kappa shape index (κ2) is 12.9. The molecule has 0 spiro atoms. The van der Waals surface area contributed by atoms with Gasteiger partial charge in [0.15, 0.2) is 4.90 Å². The molecule has 0 saturated carbocycles. The second-order valence-electron chi connectivity index (χ2n) is 9.33. The summed E-state index contributed by atoms with van der Waals surface area (Å²) < 4.78 is 28.7. The number of fused-ring (bicyclic) bond motifs is 1. The third-order valence-electron chi connectivity index (χ3n) is 5.95. The molecule has 0 aliphatic heterocycles. The number of nitro groups is 1. The van der Waals surface area contributed by atoms with E-state index in [2.05, 4.69) is 15.4 Å². The van der Waals surface area contributed by atoms with Gasteiger partial charge in [-0.05, 0) is 48.8 Å². The van der Waals surface area contributed by atoms with E-state index in [0.29, 0.717) is 17.7 Å². The Hall–Kier alpha value is -3.35. The fourth-order valence-electron chi connectivity index (χ4n) is 3.99. The number of carbonyl (C=O) groups excluding carboxylic acids is 2. The van der Waals surface area contributed by atoms with Crippen molar-refractivity contribution in [3.05, 3.63) is 69.6 Å². The lowest BCUT2D eigenvalue weighted by molar-refractivity contribution is -0.387. The molecule has 0 bridgehead atoms. The Morgan fingerprint density at radius 2 is 1.74 bits per heavy atom. The van der Waals surface area contributed by atoms with Crippen LogP contribution in [0.2, 0.25) is 0 Å². The fraction of sp³-hybridized carbons (Fsp3) is 0.385. The molecule has 0 aliphatic rings. The van der Waals surface area contributed by atoms with E-state index in [9.17, 15) is 28.1 Å². The van der Waals surface area contributed by atoms with Crippen molar-refractivity contribution in [3.8, 4) is 0 Å². The number of hydrogen-bond acceptors (Lipinski definition) is 7. The van der Waals surface area contributed by atoms with Crippen molar-refractivity contribution in [2.24, 2.45) is 5.92 Å². The lowest BCUT2D eigenvalue weighted by Crippen LogP contribution is -2.50. The standard InChI is InChI=1S/C26H32N4O6S2/c1-4-19(13-14-27-38(35,36)24-12-8-6-10-21(24)30(33)34)28-25(31)20(15-17(2)3)29-26(32)23-16-18-9-5-7-11-22(18)37-23/h5-12,16-17,19-20,27H,4,13-15H2,1-3H3,(H,28,31)(H,29,32)/t19?,20-/m0/s1. The van der Waals surface area contributed by atoms with Crippen LogP contribution in [0.15, 0.2) is 59.5 Å². The zero-order valence-corrected chi connectivity index (χ0v) is 23.1. The minimum Gasteiger partial charge on any atom is -0.352 e. The van der Waals surface area contributed by atoms with E-state index >= 15 is 0 Å². The summed E-state index contributed by atoms with van der Waals surface area (Å²) in [6, 6.07) is 13.5. The van der Waals surface area contributed by atoms with E-state index < -0.39 is 31.6 Å². The number of para-hydroxylation sites is 1. The molecule has 0 aliphatic carbocycles. The zero-order valence-electron chi connectivity index (χ0n) is 21.5. The van der Waals surface area contributed by atoms with Gasteiger partial charge in [-0.3, -0.25) is 19.7 Å². The average Bonchev–Trinajstić information content (AvgIpc) is 3.32. The number of nitrogens with one attached hydrogen (secondary N) is 3. The van der Waals surface area contributed by atoms with E-state index in [1.165, 1.54) is 29.5 Å². The first-order valence-corrected chi connectivity index (χ1v) is 14.6. The topological polar surface area (TPSA) is 148 Å². The Kier molecular flexibility index (Phi) is 9.95. The summed E-state index contributed by atoms with van der Waals surface area (Å²) in [4.78, 5) is 36.7. The van der Waals surface area contributed by atoms with Crippen LogP contribution in [0.4, 0.5) is 5.69 Å². The molecule has 2 aromatic carbocycles. The second-order valence-corrected chi connectivity index (χ2v) is 12.1. The van der Waals surface area contributed by atoms with Crippen molar-refractivity contribution in [2.75, 3.05) is 6.54 Å². The number of hydrogen-bond donors (Lipinski definition) is 3. The highest BCUT2D eigenvalue weighted by Gasteiger charge is 2.27. The van der Waals surface area contributed by atoms with Gasteiger partial charge in [-0.2, -0.15) is 0 Å². The van der Waals surface area contributed by atoms with E-state index in [1.807, 2.05) is 45.0 Å². The molecule has 204 valence electrons. The summed E-state index contributed by atoms with van der Waals surface area (Å²) in [7, 11) is -4.12. The minimum absolute atomic E-state index is 0.0316. The van der Waals surface area contributed by atoms with Gasteiger partial charge in [0.05, 0.1) is 9.80 Å². The lowest BCUT2D eigenvalue weighted by Gasteiger charge is -2.24. The van der Waals surface area contributed by atoms with Gasteiger partial charge in [-0.15, -0.1) is 11.3 Å². The number of nitrogens with zero attached hydrogens (tertiary/aromatic N) is 1. The molecule has 0 fully saturated rings. The molecule has 1 aromatic heterocycles. The van der Waals surface area contributed by atoms with E-state index in [0.717, 1.165) is 16.2 Å². The monoisotopic (exact) mass is 560 g/mol. The molecular formula is C26H32N4O6S2. The molecule has 2 amide bonds. The van der Waals surface area contributed by atoms with Crippen LogP contribution in [0.1, 0.15) is 49.7 Å². The molecule has 10 nitrogen and oxygen atoms in total. The van der Waals surface area contributed by atoms with Crippen LogP contribution < -0.4 is 15.4 Å². The van der Waals surface area contributed by atoms with Gasteiger partial charge in [0.25, 0.3) is 11.6 Å². The number of rotatable bonds is 13. The maximum Gasteiger partial charge on any atom is 0.289 e. The Morgan fingerprint density at radius 1 is 1.05 bits per heavy atom. The quantitative estimate of drug-likeness (QED) is 0.211. The first-order chi connectivity index (χ1) is 18.0. The Bertz CT molecular complexity index is 1370. The highest BCUT2D eigenvalue weighted by atomic mass is 32.2. The van der Waals surface area contributed by atoms with Gasteiger partial charge < -0.3 is 10.6 Å². The molecule has 0 saturated heterocycles. The third kappa shape index (κ3) is 7.59. The van der Waals surface area contributed by atoms with Gasteiger partial charge in [-0.25, -0.2) is 13.1 Å². The Labute approximate surface area is 226 Å². The van der Waals surface area contributed by atoms with Crippen LogP contribution in [-0.2, 0) is 14.8 Å². The number of carbonyl (C=O) groups is 2. The molecule has 3 rings (SSSR count). The predicted molar refractivity (Wildman–Crippen MR) is 148 cm³/mol. The average molecular weight is 561 g/mol. The highest BCUT2D eigenvalue weighted by molar-refractivity contribution is 7.89. The number of thiophene rings is 1. The summed E-state index contributed by atoms with van der Waals surface area (Å²) in [5.74, 6) is -0.527.